The summed E-state index contributed by atoms with van der Waals surface area (Å²) in [6.07, 6.45) is 3.93. The molecular formula is C25H28NOP. The van der Waals surface area contributed by atoms with Crippen LogP contribution in [0.5, 0.6) is 5.75 Å². The van der Waals surface area contributed by atoms with E-state index in [0.29, 0.717) is 14.3 Å². The van der Waals surface area contributed by atoms with Gasteiger partial charge in [-0.1, -0.05) is 77.0 Å². The third-order valence-electron chi connectivity index (χ3n) is 5.40. The van der Waals surface area contributed by atoms with E-state index in [4.69, 9.17) is 0 Å². The quantitative estimate of drug-likeness (QED) is 0.364. The maximum atomic E-state index is 10.6. The van der Waals surface area contributed by atoms with Crippen LogP contribution < -0.4 is 5.30 Å². The largest absolute Gasteiger partial charge is 0.508 e. The Morgan fingerprint density at radius 1 is 0.893 bits per heavy atom. The molecule has 0 aliphatic rings. The molecule has 3 aromatic carbocycles. The molecule has 0 aromatic heterocycles. The molecule has 1 N–H and O–H groups in total. The fourth-order valence-electron chi connectivity index (χ4n) is 3.62. The molecule has 0 bridgehead atoms. The zero-order valence-corrected chi connectivity index (χ0v) is 17.8. The highest BCUT2D eigenvalue weighted by molar-refractivity contribution is 7.49. The van der Waals surface area contributed by atoms with Crippen LogP contribution in [0, 0.1) is 6.92 Å². The van der Waals surface area contributed by atoms with Gasteiger partial charge in [0.25, 0.3) is 0 Å². The number of aromatic hydroxyl groups is 1. The van der Waals surface area contributed by atoms with Crippen LogP contribution in [0.4, 0.5) is 5.69 Å². The zero-order valence-electron chi connectivity index (χ0n) is 16.8. The molecule has 0 heterocycles. The van der Waals surface area contributed by atoms with Crippen LogP contribution in [0.2, 0.25) is 0 Å². The minimum atomic E-state index is -0.0766. The van der Waals surface area contributed by atoms with Gasteiger partial charge in [-0.05, 0) is 48.8 Å². The molecule has 0 spiro atoms. The molecular weight excluding hydrogens is 361 g/mol. The summed E-state index contributed by atoms with van der Waals surface area (Å²) in [6, 6.07) is 24.2. The van der Waals surface area contributed by atoms with E-state index in [1.54, 1.807) is 6.07 Å². The van der Waals surface area contributed by atoms with Crippen molar-refractivity contribution in [3.05, 3.63) is 89.5 Å². The molecule has 144 valence electrons. The lowest BCUT2D eigenvalue weighted by molar-refractivity contribution is 0.448. The molecule has 0 fully saturated rings. The van der Waals surface area contributed by atoms with E-state index in [1.807, 2.05) is 48.7 Å². The first-order valence-electron chi connectivity index (χ1n) is 9.85. The average molecular weight is 389 g/mol. The maximum absolute atomic E-state index is 10.6. The van der Waals surface area contributed by atoms with Gasteiger partial charge in [0.15, 0.2) is 0 Å². The number of hydrogen-bond donors (Lipinski definition) is 1. The number of aliphatic imine (C=N–C) groups is 1. The number of rotatable bonds is 7. The Morgan fingerprint density at radius 2 is 1.57 bits per heavy atom. The summed E-state index contributed by atoms with van der Waals surface area (Å²) < 4.78 is 0. The van der Waals surface area contributed by atoms with Crippen molar-refractivity contribution in [2.24, 2.45) is 4.99 Å². The molecule has 0 aliphatic heterocycles. The minimum Gasteiger partial charge on any atom is -0.508 e. The van der Waals surface area contributed by atoms with Crippen LogP contribution in [-0.4, -0.2) is 11.3 Å². The Labute approximate surface area is 170 Å². The number of aryl methyl sites for hydroxylation is 1. The summed E-state index contributed by atoms with van der Waals surface area (Å²) in [5.74, 6) is 0.395. The van der Waals surface area contributed by atoms with E-state index < -0.39 is 0 Å². The number of phenols is 1. The second-order valence-corrected chi connectivity index (χ2v) is 8.77. The molecule has 0 amide bonds. The van der Waals surface area contributed by atoms with Crippen molar-refractivity contribution in [1.29, 1.82) is 0 Å². The molecule has 2 nitrogen and oxygen atoms in total. The monoisotopic (exact) mass is 389 g/mol. The SMILES string of the molecule is CCC(CC)(Pc1c(C)cccc1C=Nc1ccccc1)c1ccccc1O. The van der Waals surface area contributed by atoms with E-state index in [0.717, 1.165) is 29.7 Å². The summed E-state index contributed by atoms with van der Waals surface area (Å²) in [5, 5.41) is 11.8. The van der Waals surface area contributed by atoms with Crippen LogP contribution in [0.1, 0.15) is 43.4 Å². The molecule has 3 heteroatoms. The van der Waals surface area contributed by atoms with Crippen LogP contribution in [-0.2, 0) is 5.16 Å². The van der Waals surface area contributed by atoms with Gasteiger partial charge in [0.2, 0.25) is 0 Å². The van der Waals surface area contributed by atoms with Crippen LogP contribution in [0.15, 0.2) is 77.8 Å². The van der Waals surface area contributed by atoms with Crippen molar-refractivity contribution in [2.75, 3.05) is 0 Å². The van der Waals surface area contributed by atoms with Crippen LogP contribution in [0.3, 0.4) is 0 Å². The summed E-state index contributed by atoms with van der Waals surface area (Å²) in [6.45, 7) is 6.61. The first-order chi connectivity index (χ1) is 13.6. The maximum Gasteiger partial charge on any atom is 0.119 e. The minimum absolute atomic E-state index is 0.0766. The van der Waals surface area contributed by atoms with Crippen molar-refractivity contribution < 1.29 is 5.11 Å². The topological polar surface area (TPSA) is 32.6 Å². The molecule has 1 unspecified atom stereocenters. The zero-order chi connectivity index (χ0) is 20.0. The van der Waals surface area contributed by atoms with E-state index in [2.05, 4.69) is 50.0 Å². The van der Waals surface area contributed by atoms with Gasteiger partial charge in [0.1, 0.15) is 5.75 Å². The lowest BCUT2D eigenvalue weighted by atomic mass is 9.92. The van der Waals surface area contributed by atoms with Gasteiger partial charge in [-0.15, -0.1) is 0 Å². The normalized spacial score (nSPS) is 12.2. The van der Waals surface area contributed by atoms with Crippen molar-refractivity contribution in [3.8, 4) is 5.75 Å². The number of hydrogen-bond acceptors (Lipinski definition) is 2. The fraction of sp³-hybridized carbons (Fsp3) is 0.240. The highest BCUT2D eigenvalue weighted by Gasteiger charge is 2.32. The third-order valence-corrected chi connectivity index (χ3v) is 7.79. The lowest BCUT2D eigenvalue weighted by Gasteiger charge is -2.34. The Balaban J connectivity index is 2.03. The summed E-state index contributed by atoms with van der Waals surface area (Å²) in [5.41, 5.74) is 4.43. The molecule has 0 saturated heterocycles. The highest BCUT2D eigenvalue weighted by atomic mass is 31.1. The van der Waals surface area contributed by atoms with Gasteiger partial charge in [0.05, 0.1) is 5.69 Å². The molecule has 0 aliphatic carbocycles. The highest BCUT2D eigenvalue weighted by Crippen LogP contribution is 2.50. The van der Waals surface area contributed by atoms with E-state index in [1.165, 1.54) is 10.9 Å². The van der Waals surface area contributed by atoms with Gasteiger partial charge in [-0.25, -0.2) is 0 Å². The van der Waals surface area contributed by atoms with Crippen molar-refractivity contribution in [1.82, 2.24) is 0 Å². The van der Waals surface area contributed by atoms with Crippen molar-refractivity contribution in [3.63, 3.8) is 0 Å². The number of benzene rings is 3. The van der Waals surface area contributed by atoms with Crippen LogP contribution >= 0.6 is 8.58 Å². The van der Waals surface area contributed by atoms with Gasteiger partial charge in [-0.2, -0.15) is 0 Å². The van der Waals surface area contributed by atoms with E-state index in [9.17, 15) is 5.11 Å². The van der Waals surface area contributed by atoms with Crippen molar-refractivity contribution in [2.45, 2.75) is 38.8 Å². The van der Waals surface area contributed by atoms with Gasteiger partial charge < -0.3 is 5.11 Å². The predicted molar refractivity (Wildman–Crippen MR) is 123 cm³/mol. The Kier molecular flexibility index (Phi) is 6.65. The number of para-hydroxylation sites is 2. The molecule has 3 rings (SSSR count). The summed E-state index contributed by atoms with van der Waals surface area (Å²) in [7, 11) is 0.554. The number of phenolic OH excluding ortho intramolecular Hbond substituents is 1. The predicted octanol–water partition coefficient (Wildman–Crippen LogP) is 6.47. The molecule has 3 aromatic rings. The van der Waals surface area contributed by atoms with E-state index >= 15 is 0 Å². The van der Waals surface area contributed by atoms with Crippen molar-refractivity contribution >= 4 is 25.8 Å². The molecule has 1 atom stereocenters. The second-order valence-electron chi connectivity index (χ2n) is 7.06. The Hall–Kier alpha value is -2.44. The van der Waals surface area contributed by atoms with E-state index in [-0.39, 0.29) is 5.16 Å². The first kappa shape index (κ1) is 20.3. The Bertz CT molecular complexity index is 946. The summed E-state index contributed by atoms with van der Waals surface area (Å²) in [4.78, 5) is 4.68. The number of nitrogens with zero attached hydrogens (tertiary/aromatic N) is 1. The standard InChI is InChI=1S/C25H28NOP/c1-4-25(5-2,22-16-9-10-17-23(22)27)28-24-19(3)12-11-13-20(24)18-26-21-14-7-6-8-15-21/h6-18,27-28H,4-5H2,1-3H3. The van der Waals surface area contributed by atoms with Crippen LogP contribution in [0.25, 0.3) is 0 Å². The van der Waals surface area contributed by atoms with Gasteiger partial charge in [0, 0.05) is 22.5 Å². The third kappa shape index (κ3) is 4.34. The molecule has 0 saturated carbocycles. The first-order valence-corrected chi connectivity index (χ1v) is 10.8. The second kappa shape index (κ2) is 9.17. The smallest absolute Gasteiger partial charge is 0.119 e. The van der Waals surface area contributed by atoms with Gasteiger partial charge in [-0.3, -0.25) is 4.99 Å². The van der Waals surface area contributed by atoms with Gasteiger partial charge >= 0.3 is 0 Å². The average Bonchev–Trinajstić information content (AvgIpc) is 2.73. The molecule has 0 radical (unpaired) electrons. The fourth-order valence-corrected chi connectivity index (χ4v) is 5.37. The lowest BCUT2D eigenvalue weighted by Crippen LogP contribution is -2.24. The Morgan fingerprint density at radius 3 is 2.25 bits per heavy atom. The molecule has 28 heavy (non-hydrogen) atoms. The summed E-state index contributed by atoms with van der Waals surface area (Å²) >= 11 is 0.